The number of fused-ring (bicyclic) bond motifs is 1. The number of aromatic nitrogens is 2. The van der Waals surface area contributed by atoms with E-state index in [-0.39, 0.29) is 0 Å². The Morgan fingerprint density at radius 3 is 2.67 bits per heavy atom. The summed E-state index contributed by atoms with van der Waals surface area (Å²) in [7, 11) is 0. The molecule has 0 bridgehead atoms. The van der Waals surface area contributed by atoms with Gasteiger partial charge in [-0.25, -0.2) is 4.98 Å². The van der Waals surface area contributed by atoms with Crippen molar-refractivity contribution in [3.63, 3.8) is 0 Å². The second-order valence-corrected chi connectivity index (χ2v) is 5.89. The highest BCUT2D eigenvalue weighted by Gasteiger charge is 2.12. The van der Waals surface area contributed by atoms with E-state index in [1.54, 1.807) is 0 Å². The molecule has 0 atom stereocenters. The van der Waals surface area contributed by atoms with E-state index in [2.05, 4.69) is 34.4 Å². The molecule has 2 rings (SSSR count). The van der Waals surface area contributed by atoms with E-state index < -0.39 is 0 Å². The smallest absolute Gasteiger partial charge is 0.111 e. The van der Waals surface area contributed by atoms with Gasteiger partial charge in [0, 0.05) is 18.8 Å². The van der Waals surface area contributed by atoms with E-state index in [9.17, 15) is 0 Å². The molecule has 0 fully saturated rings. The summed E-state index contributed by atoms with van der Waals surface area (Å²) in [5, 5.41) is 0.714. The van der Waals surface area contributed by atoms with Crippen LogP contribution in [-0.4, -0.2) is 40.0 Å². The topological polar surface area (TPSA) is 21.1 Å². The molecule has 0 spiro atoms. The van der Waals surface area contributed by atoms with Gasteiger partial charge in [-0.05, 0) is 38.2 Å². The molecule has 0 saturated heterocycles. The number of alkyl halides is 1. The van der Waals surface area contributed by atoms with E-state index in [0.717, 1.165) is 55.9 Å². The Morgan fingerprint density at radius 2 is 2.00 bits per heavy atom. The van der Waals surface area contributed by atoms with Crippen LogP contribution >= 0.6 is 23.2 Å². The first-order valence-electron chi connectivity index (χ1n) is 7.63. The fourth-order valence-corrected chi connectivity index (χ4v) is 3.06. The summed E-state index contributed by atoms with van der Waals surface area (Å²) in [6.45, 7) is 8.67. The molecule has 0 saturated carbocycles. The van der Waals surface area contributed by atoms with Crippen molar-refractivity contribution in [2.45, 2.75) is 33.2 Å². The molecule has 1 heterocycles. The van der Waals surface area contributed by atoms with Crippen LogP contribution in [0.1, 0.15) is 26.1 Å². The van der Waals surface area contributed by atoms with E-state index in [0.29, 0.717) is 10.9 Å². The van der Waals surface area contributed by atoms with Crippen LogP contribution in [0.15, 0.2) is 18.2 Å². The van der Waals surface area contributed by atoms with E-state index in [1.165, 1.54) is 0 Å². The molecule has 3 nitrogen and oxygen atoms in total. The summed E-state index contributed by atoms with van der Waals surface area (Å²) >= 11 is 12.2. The first-order chi connectivity index (χ1) is 10.2. The highest BCUT2D eigenvalue weighted by atomic mass is 35.5. The Hall–Kier alpha value is -0.770. The van der Waals surface area contributed by atoms with Gasteiger partial charge in [0.15, 0.2) is 0 Å². The molecule has 5 heteroatoms. The molecular formula is C16H23Cl2N3. The molecule has 0 aliphatic carbocycles. The molecule has 0 radical (unpaired) electrons. The summed E-state index contributed by atoms with van der Waals surface area (Å²) in [5.41, 5.74) is 2.00. The summed E-state index contributed by atoms with van der Waals surface area (Å²) < 4.78 is 2.27. The van der Waals surface area contributed by atoms with Crippen molar-refractivity contribution in [2.24, 2.45) is 0 Å². The monoisotopic (exact) mass is 327 g/mol. The maximum absolute atomic E-state index is 6.25. The lowest BCUT2D eigenvalue weighted by molar-refractivity contribution is 0.293. The molecule has 1 aromatic heterocycles. The van der Waals surface area contributed by atoms with Crippen LogP contribution in [0, 0.1) is 0 Å². The van der Waals surface area contributed by atoms with Gasteiger partial charge in [0.2, 0.25) is 0 Å². The third-order valence-corrected chi connectivity index (χ3v) is 4.37. The second-order valence-electron chi connectivity index (χ2n) is 5.11. The number of hydrogen-bond acceptors (Lipinski definition) is 2. The van der Waals surface area contributed by atoms with Gasteiger partial charge >= 0.3 is 0 Å². The third kappa shape index (κ3) is 3.91. The Bertz CT molecular complexity index is 576. The van der Waals surface area contributed by atoms with E-state index in [4.69, 9.17) is 23.2 Å². The minimum Gasteiger partial charge on any atom is -0.328 e. The first kappa shape index (κ1) is 16.6. The zero-order chi connectivity index (χ0) is 15.2. The van der Waals surface area contributed by atoms with Crippen LogP contribution in [0.2, 0.25) is 5.02 Å². The minimum atomic E-state index is 0.580. The summed E-state index contributed by atoms with van der Waals surface area (Å²) in [4.78, 5) is 7.11. The van der Waals surface area contributed by atoms with Crippen LogP contribution in [-0.2, 0) is 13.0 Å². The lowest BCUT2D eigenvalue weighted by Gasteiger charge is -2.18. The zero-order valence-corrected chi connectivity index (χ0v) is 14.3. The molecule has 0 aliphatic heterocycles. The Morgan fingerprint density at radius 1 is 1.24 bits per heavy atom. The van der Waals surface area contributed by atoms with Gasteiger partial charge in [-0.1, -0.05) is 31.5 Å². The zero-order valence-electron chi connectivity index (χ0n) is 12.8. The Kier molecular flexibility index (Phi) is 6.34. The van der Waals surface area contributed by atoms with Gasteiger partial charge in [-0.3, -0.25) is 0 Å². The van der Waals surface area contributed by atoms with Crippen molar-refractivity contribution in [1.82, 2.24) is 14.5 Å². The number of benzene rings is 1. The second kappa shape index (κ2) is 8.02. The van der Waals surface area contributed by atoms with Crippen LogP contribution in [0.4, 0.5) is 0 Å². The summed E-state index contributed by atoms with van der Waals surface area (Å²) in [5.74, 6) is 1.62. The molecule has 0 aliphatic rings. The number of aryl methyl sites for hydroxylation is 2. The van der Waals surface area contributed by atoms with Gasteiger partial charge < -0.3 is 9.47 Å². The number of rotatable bonds is 8. The molecule has 0 unspecified atom stereocenters. The van der Waals surface area contributed by atoms with Crippen LogP contribution in [0.3, 0.4) is 0 Å². The molecule has 0 N–H and O–H groups in total. The fraction of sp³-hybridized carbons (Fsp3) is 0.562. The quantitative estimate of drug-likeness (QED) is 0.677. The van der Waals surface area contributed by atoms with Crippen LogP contribution in [0.5, 0.6) is 0 Å². The maximum atomic E-state index is 6.25. The summed E-state index contributed by atoms with van der Waals surface area (Å²) in [6.07, 6.45) is 1.88. The van der Waals surface area contributed by atoms with Crippen molar-refractivity contribution in [2.75, 3.05) is 25.5 Å². The highest BCUT2D eigenvalue weighted by molar-refractivity contribution is 6.34. The van der Waals surface area contributed by atoms with E-state index >= 15 is 0 Å². The maximum Gasteiger partial charge on any atom is 0.111 e. The van der Waals surface area contributed by atoms with Crippen molar-refractivity contribution in [3.8, 4) is 0 Å². The molecule has 2 aromatic rings. The number of para-hydroxylation sites is 1. The predicted octanol–water partition coefficient (Wildman–Crippen LogP) is 4.20. The normalized spacial score (nSPS) is 11.7. The Labute approximate surface area is 136 Å². The van der Waals surface area contributed by atoms with Crippen molar-refractivity contribution >= 4 is 34.2 Å². The largest absolute Gasteiger partial charge is 0.328 e. The van der Waals surface area contributed by atoms with Crippen molar-refractivity contribution in [1.29, 1.82) is 0 Å². The molecule has 116 valence electrons. The Balaban J connectivity index is 2.20. The number of imidazole rings is 1. The van der Waals surface area contributed by atoms with Gasteiger partial charge in [-0.2, -0.15) is 0 Å². The first-order valence-corrected chi connectivity index (χ1v) is 8.54. The van der Waals surface area contributed by atoms with Gasteiger partial charge in [0.1, 0.15) is 11.3 Å². The standard InChI is InChI=1S/C16H23Cl2N3/c1-3-20(4-2)11-6-12-21-14-8-5-7-13(18)16(14)19-15(21)9-10-17/h5,7-8H,3-4,6,9-12H2,1-2H3. The van der Waals surface area contributed by atoms with Gasteiger partial charge in [0.05, 0.1) is 10.5 Å². The van der Waals surface area contributed by atoms with Crippen molar-refractivity contribution in [3.05, 3.63) is 29.0 Å². The average Bonchev–Trinajstić information content (AvgIpc) is 2.84. The summed E-state index contributed by atoms with van der Waals surface area (Å²) in [6, 6.07) is 5.96. The number of hydrogen-bond donors (Lipinski definition) is 0. The van der Waals surface area contributed by atoms with Crippen LogP contribution in [0.25, 0.3) is 11.0 Å². The number of nitrogens with zero attached hydrogens (tertiary/aromatic N) is 3. The molecule has 0 amide bonds. The van der Waals surface area contributed by atoms with E-state index in [1.807, 2.05) is 12.1 Å². The lowest BCUT2D eigenvalue weighted by atomic mass is 10.3. The predicted molar refractivity (Wildman–Crippen MR) is 91.6 cm³/mol. The van der Waals surface area contributed by atoms with Gasteiger partial charge in [-0.15, -0.1) is 11.6 Å². The van der Waals surface area contributed by atoms with Crippen molar-refractivity contribution < 1.29 is 0 Å². The third-order valence-electron chi connectivity index (χ3n) is 3.88. The molecule has 21 heavy (non-hydrogen) atoms. The molecule has 1 aromatic carbocycles. The number of halogens is 2. The van der Waals surface area contributed by atoms with Crippen LogP contribution < -0.4 is 0 Å². The lowest BCUT2D eigenvalue weighted by Crippen LogP contribution is -2.25. The minimum absolute atomic E-state index is 0.580. The fourth-order valence-electron chi connectivity index (χ4n) is 2.68. The SMILES string of the molecule is CCN(CC)CCCn1c(CCCl)nc2c(Cl)cccc21. The van der Waals surface area contributed by atoms with Gasteiger partial charge in [0.25, 0.3) is 0 Å². The highest BCUT2D eigenvalue weighted by Crippen LogP contribution is 2.24. The molecular weight excluding hydrogens is 305 g/mol. The average molecular weight is 328 g/mol.